The van der Waals surface area contributed by atoms with Crippen molar-refractivity contribution in [1.82, 2.24) is 15.1 Å². The standard InChI is InChI=1S/C12H21N3/c1-10(2)9-15-7-5-12(14-15)8-11-4-3-6-13-11/h5,7,10-11,13H,3-4,6,8-9H2,1-2H3. The molecule has 2 rings (SSSR count). The van der Waals surface area contributed by atoms with E-state index in [0.717, 1.165) is 13.0 Å². The molecule has 0 amide bonds. The number of nitrogens with one attached hydrogen (secondary N) is 1. The van der Waals surface area contributed by atoms with Crippen molar-refractivity contribution < 1.29 is 0 Å². The van der Waals surface area contributed by atoms with Crippen LogP contribution in [0.25, 0.3) is 0 Å². The van der Waals surface area contributed by atoms with Crippen LogP contribution in [0.15, 0.2) is 12.3 Å². The van der Waals surface area contributed by atoms with Gasteiger partial charge in [-0.05, 0) is 31.4 Å². The SMILES string of the molecule is CC(C)Cn1ccc(CC2CCCN2)n1. The topological polar surface area (TPSA) is 29.9 Å². The normalized spacial score (nSPS) is 21.4. The molecule has 84 valence electrons. The molecule has 1 unspecified atom stereocenters. The summed E-state index contributed by atoms with van der Waals surface area (Å²) in [6, 6.07) is 2.81. The monoisotopic (exact) mass is 207 g/mol. The van der Waals surface area contributed by atoms with E-state index in [1.54, 1.807) is 0 Å². The Hall–Kier alpha value is -0.830. The summed E-state index contributed by atoms with van der Waals surface area (Å²) in [6.07, 6.45) is 5.81. The van der Waals surface area contributed by atoms with Gasteiger partial charge >= 0.3 is 0 Å². The Bertz CT molecular complexity index is 298. The van der Waals surface area contributed by atoms with Crippen molar-refractivity contribution in [2.75, 3.05) is 6.54 Å². The molecule has 1 saturated heterocycles. The molecule has 1 aliphatic rings. The zero-order chi connectivity index (χ0) is 10.7. The van der Waals surface area contributed by atoms with Crippen LogP contribution in [0.1, 0.15) is 32.4 Å². The fourth-order valence-corrected chi connectivity index (χ4v) is 2.17. The van der Waals surface area contributed by atoms with Crippen LogP contribution in [0.4, 0.5) is 0 Å². The Morgan fingerprint density at radius 1 is 1.60 bits per heavy atom. The van der Waals surface area contributed by atoms with Crippen LogP contribution in [-0.4, -0.2) is 22.4 Å². The highest BCUT2D eigenvalue weighted by atomic mass is 15.3. The quantitative estimate of drug-likeness (QED) is 0.816. The smallest absolute Gasteiger partial charge is 0.0640 e. The van der Waals surface area contributed by atoms with Crippen molar-refractivity contribution in [3.8, 4) is 0 Å². The first-order chi connectivity index (χ1) is 7.24. The molecule has 0 saturated carbocycles. The first-order valence-corrected chi connectivity index (χ1v) is 6.00. The van der Waals surface area contributed by atoms with Gasteiger partial charge in [-0.3, -0.25) is 4.68 Å². The zero-order valence-corrected chi connectivity index (χ0v) is 9.74. The maximum absolute atomic E-state index is 4.59. The van der Waals surface area contributed by atoms with E-state index in [1.165, 1.54) is 25.1 Å². The lowest BCUT2D eigenvalue weighted by molar-refractivity contribution is 0.476. The van der Waals surface area contributed by atoms with Crippen LogP contribution in [0.5, 0.6) is 0 Å². The highest BCUT2D eigenvalue weighted by Gasteiger charge is 2.15. The van der Waals surface area contributed by atoms with Crippen molar-refractivity contribution in [3.63, 3.8) is 0 Å². The van der Waals surface area contributed by atoms with Gasteiger partial charge in [-0.1, -0.05) is 13.8 Å². The second-order valence-corrected chi connectivity index (χ2v) is 4.92. The van der Waals surface area contributed by atoms with Crippen molar-refractivity contribution >= 4 is 0 Å². The predicted octanol–water partition coefficient (Wildman–Crippen LogP) is 1.83. The van der Waals surface area contributed by atoms with Gasteiger partial charge in [0.05, 0.1) is 5.69 Å². The first kappa shape index (κ1) is 10.7. The second kappa shape index (κ2) is 4.79. The van der Waals surface area contributed by atoms with Gasteiger partial charge in [0.1, 0.15) is 0 Å². The van der Waals surface area contributed by atoms with Crippen LogP contribution in [0.3, 0.4) is 0 Å². The van der Waals surface area contributed by atoms with Gasteiger partial charge in [0, 0.05) is 25.2 Å². The first-order valence-electron chi connectivity index (χ1n) is 6.00. The summed E-state index contributed by atoms with van der Waals surface area (Å²) >= 11 is 0. The summed E-state index contributed by atoms with van der Waals surface area (Å²) in [5.74, 6) is 0.669. The maximum atomic E-state index is 4.59. The van der Waals surface area contributed by atoms with Crippen molar-refractivity contribution in [2.24, 2.45) is 5.92 Å². The van der Waals surface area contributed by atoms with E-state index in [2.05, 4.69) is 41.2 Å². The summed E-state index contributed by atoms with van der Waals surface area (Å²) in [5, 5.41) is 8.10. The predicted molar refractivity (Wildman–Crippen MR) is 61.8 cm³/mol. The third kappa shape index (κ3) is 3.06. The van der Waals surface area contributed by atoms with Crippen molar-refractivity contribution in [3.05, 3.63) is 18.0 Å². The molecule has 0 radical (unpaired) electrons. The van der Waals surface area contributed by atoms with Crippen LogP contribution in [0, 0.1) is 5.92 Å². The molecule has 1 aromatic rings. The molecule has 3 heteroatoms. The van der Waals surface area contributed by atoms with E-state index in [-0.39, 0.29) is 0 Å². The van der Waals surface area contributed by atoms with E-state index < -0.39 is 0 Å². The second-order valence-electron chi connectivity index (χ2n) is 4.92. The van der Waals surface area contributed by atoms with Gasteiger partial charge < -0.3 is 5.32 Å². The molecule has 1 N–H and O–H groups in total. The highest BCUT2D eigenvalue weighted by Crippen LogP contribution is 2.11. The lowest BCUT2D eigenvalue weighted by atomic mass is 10.1. The largest absolute Gasteiger partial charge is 0.314 e. The molecule has 0 spiro atoms. The van der Waals surface area contributed by atoms with E-state index in [1.807, 2.05) is 0 Å². The summed E-state index contributed by atoms with van der Waals surface area (Å²) in [5.41, 5.74) is 1.23. The number of hydrogen-bond donors (Lipinski definition) is 1. The molecule has 1 atom stereocenters. The molecular weight excluding hydrogens is 186 g/mol. The van der Waals surface area contributed by atoms with E-state index in [9.17, 15) is 0 Å². The van der Waals surface area contributed by atoms with Crippen LogP contribution in [0.2, 0.25) is 0 Å². The fraction of sp³-hybridized carbons (Fsp3) is 0.750. The van der Waals surface area contributed by atoms with Gasteiger partial charge in [-0.25, -0.2) is 0 Å². The minimum absolute atomic E-state index is 0.660. The average molecular weight is 207 g/mol. The molecule has 1 fully saturated rings. The Balaban J connectivity index is 1.88. The number of rotatable bonds is 4. The summed E-state index contributed by atoms with van der Waals surface area (Å²) in [7, 11) is 0. The van der Waals surface area contributed by atoms with Gasteiger partial charge in [-0.2, -0.15) is 5.10 Å². The third-order valence-electron chi connectivity index (χ3n) is 2.87. The molecular formula is C12H21N3. The molecule has 3 nitrogen and oxygen atoms in total. The Morgan fingerprint density at radius 3 is 3.13 bits per heavy atom. The van der Waals surface area contributed by atoms with Crippen LogP contribution in [-0.2, 0) is 13.0 Å². The van der Waals surface area contributed by atoms with Crippen molar-refractivity contribution in [1.29, 1.82) is 0 Å². The van der Waals surface area contributed by atoms with E-state index >= 15 is 0 Å². The Morgan fingerprint density at radius 2 is 2.47 bits per heavy atom. The molecule has 0 aromatic carbocycles. The molecule has 1 aliphatic heterocycles. The zero-order valence-electron chi connectivity index (χ0n) is 9.74. The average Bonchev–Trinajstić information content (AvgIpc) is 2.77. The molecule has 2 heterocycles. The summed E-state index contributed by atoms with van der Waals surface area (Å²) in [6.45, 7) is 6.65. The lowest BCUT2D eigenvalue weighted by Gasteiger charge is -2.07. The molecule has 15 heavy (non-hydrogen) atoms. The minimum Gasteiger partial charge on any atom is -0.314 e. The molecule has 1 aromatic heterocycles. The van der Waals surface area contributed by atoms with E-state index in [0.29, 0.717) is 12.0 Å². The highest BCUT2D eigenvalue weighted by molar-refractivity contribution is 5.02. The molecule has 0 bridgehead atoms. The summed E-state index contributed by atoms with van der Waals surface area (Å²) < 4.78 is 2.06. The van der Waals surface area contributed by atoms with E-state index in [4.69, 9.17) is 0 Å². The lowest BCUT2D eigenvalue weighted by Crippen LogP contribution is -2.23. The number of nitrogens with zero attached hydrogens (tertiary/aromatic N) is 2. The fourth-order valence-electron chi connectivity index (χ4n) is 2.17. The van der Waals surface area contributed by atoms with Crippen LogP contribution < -0.4 is 5.32 Å². The third-order valence-corrected chi connectivity index (χ3v) is 2.87. The van der Waals surface area contributed by atoms with Gasteiger partial charge in [-0.15, -0.1) is 0 Å². The van der Waals surface area contributed by atoms with Gasteiger partial charge in [0.2, 0.25) is 0 Å². The van der Waals surface area contributed by atoms with Crippen LogP contribution >= 0.6 is 0 Å². The van der Waals surface area contributed by atoms with Gasteiger partial charge in [0.15, 0.2) is 0 Å². The number of aromatic nitrogens is 2. The Kier molecular flexibility index (Phi) is 3.41. The van der Waals surface area contributed by atoms with Gasteiger partial charge in [0.25, 0.3) is 0 Å². The number of hydrogen-bond acceptors (Lipinski definition) is 2. The maximum Gasteiger partial charge on any atom is 0.0640 e. The Labute approximate surface area is 91.9 Å². The minimum atomic E-state index is 0.660. The molecule has 0 aliphatic carbocycles. The summed E-state index contributed by atoms with van der Waals surface area (Å²) in [4.78, 5) is 0. The van der Waals surface area contributed by atoms with Crippen molar-refractivity contribution in [2.45, 2.75) is 45.7 Å².